The largest absolute Gasteiger partial charge is 0.496 e. The summed E-state index contributed by atoms with van der Waals surface area (Å²) >= 11 is 0. The van der Waals surface area contributed by atoms with Gasteiger partial charge in [-0.05, 0) is 38.0 Å². The Labute approximate surface area is 169 Å². The predicted molar refractivity (Wildman–Crippen MR) is 107 cm³/mol. The first kappa shape index (κ1) is 20.9. The van der Waals surface area contributed by atoms with Crippen molar-refractivity contribution in [3.05, 3.63) is 53.6 Å². The molecule has 0 bridgehead atoms. The molecule has 0 spiro atoms. The van der Waals surface area contributed by atoms with Crippen molar-refractivity contribution in [2.24, 2.45) is 5.92 Å². The number of nitrogens with zero attached hydrogens (tertiary/aromatic N) is 1. The molecule has 1 aliphatic rings. The minimum atomic E-state index is -0.812. The molecular formula is C22H25FN2O4. The van der Waals surface area contributed by atoms with Crippen molar-refractivity contribution in [2.45, 2.75) is 45.3 Å². The number of Topliss-reactive ketones (excluding diaryl/α,β-unsaturated/α-hetero) is 1. The Morgan fingerprint density at radius 2 is 1.97 bits per heavy atom. The minimum Gasteiger partial charge on any atom is -0.496 e. The van der Waals surface area contributed by atoms with Gasteiger partial charge in [-0.3, -0.25) is 14.6 Å². The summed E-state index contributed by atoms with van der Waals surface area (Å²) in [6.07, 6.45) is 0.655. The van der Waals surface area contributed by atoms with E-state index in [4.69, 9.17) is 9.47 Å². The van der Waals surface area contributed by atoms with Gasteiger partial charge < -0.3 is 14.8 Å². The summed E-state index contributed by atoms with van der Waals surface area (Å²) in [4.78, 5) is 28.7. The van der Waals surface area contributed by atoms with E-state index in [2.05, 4.69) is 10.3 Å². The predicted octanol–water partition coefficient (Wildman–Crippen LogP) is 3.97. The summed E-state index contributed by atoms with van der Waals surface area (Å²) in [5.74, 6) is -0.950. The van der Waals surface area contributed by atoms with Gasteiger partial charge in [0.25, 0.3) is 5.91 Å². The van der Waals surface area contributed by atoms with Crippen LogP contribution in [0.1, 0.15) is 49.7 Å². The third-order valence-electron chi connectivity index (χ3n) is 5.59. The molecule has 1 aromatic heterocycles. The van der Waals surface area contributed by atoms with Gasteiger partial charge >= 0.3 is 0 Å². The van der Waals surface area contributed by atoms with Crippen LogP contribution in [0.25, 0.3) is 0 Å². The molecule has 1 saturated heterocycles. The molecule has 0 aliphatic carbocycles. The number of methoxy groups -OCH3 is 1. The summed E-state index contributed by atoms with van der Waals surface area (Å²) in [6.45, 7) is 7.26. The number of carbonyl (C=O) groups is 2. The first-order valence-corrected chi connectivity index (χ1v) is 9.43. The third kappa shape index (κ3) is 4.15. The number of amides is 1. The monoisotopic (exact) mass is 400 g/mol. The lowest BCUT2D eigenvalue weighted by Gasteiger charge is -2.25. The Kier molecular flexibility index (Phi) is 5.71. The maximum Gasteiger partial charge on any atom is 0.254 e. The van der Waals surface area contributed by atoms with Crippen LogP contribution in [0, 0.1) is 11.7 Å². The quantitative estimate of drug-likeness (QED) is 0.769. The molecule has 3 rings (SSSR count). The van der Waals surface area contributed by atoms with Crippen LogP contribution >= 0.6 is 0 Å². The van der Waals surface area contributed by atoms with Crippen LogP contribution in [-0.4, -0.2) is 35.5 Å². The summed E-state index contributed by atoms with van der Waals surface area (Å²) in [7, 11) is 1.47. The lowest BCUT2D eigenvalue weighted by molar-refractivity contribution is -0.131. The number of carbonyl (C=O) groups excluding carboxylic acids is 2. The van der Waals surface area contributed by atoms with Gasteiger partial charge in [0.15, 0.2) is 5.78 Å². The fourth-order valence-corrected chi connectivity index (χ4v) is 3.73. The Morgan fingerprint density at radius 3 is 2.62 bits per heavy atom. The molecule has 2 aromatic rings. The molecule has 1 N–H and O–H groups in total. The molecule has 7 heteroatoms. The van der Waals surface area contributed by atoms with Gasteiger partial charge in [-0.15, -0.1) is 0 Å². The lowest BCUT2D eigenvalue weighted by atomic mass is 9.78. The van der Waals surface area contributed by atoms with Crippen molar-refractivity contribution in [3.8, 4) is 5.75 Å². The van der Waals surface area contributed by atoms with E-state index < -0.39 is 17.5 Å². The maximum atomic E-state index is 13.7. The van der Waals surface area contributed by atoms with E-state index in [0.29, 0.717) is 17.0 Å². The van der Waals surface area contributed by atoms with Crippen LogP contribution < -0.4 is 10.1 Å². The molecule has 0 saturated carbocycles. The van der Waals surface area contributed by atoms with Crippen molar-refractivity contribution in [3.63, 3.8) is 0 Å². The van der Waals surface area contributed by atoms with E-state index in [1.54, 1.807) is 12.1 Å². The summed E-state index contributed by atoms with van der Waals surface area (Å²) < 4.78 is 25.2. The van der Waals surface area contributed by atoms with Crippen molar-refractivity contribution in [1.82, 2.24) is 4.98 Å². The molecule has 2 heterocycles. The number of benzene rings is 1. The van der Waals surface area contributed by atoms with E-state index in [1.165, 1.54) is 38.4 Å². The molecule has 1 aromatic carbocycles. The zero-order valence-electron chi connectivity index (χ0n) is 17.2. The number of aromatic nitrogens is 1. The van der Waals surface area contributed by atoms with Crippen LogP contribution in [0.3, 0.4) is 0 Å². The van der Waals surface area contributed by atoms with Gasteiger partial charge in [0, 0.05) is 36.4 Å². The van der Waals surface area contributed by atoms with E-state index >= 15 is 0 Å². The summed E-state index contributed by atoms with van der Waals surface area (Å²) in [6, 6.07) is 7.44. The van der Waals surface area contributed by atoms with Crippen LogP contribution in [0.5, 0.6) is 5.75 Å². The number of anilines is 1. The van der Waals surface area contributed by atoms with E-state index in [9.17, 15) is 14.0 Å². The van der Waals surface area contributed by atoms with Gasteiger partial charge in [-0.1, -0.05) is 13.0 Å². The highest BCUT2D eigenvalue weighted by Gasteiger charge is 2.51. The number of ketones is 1. The minimum absolute atomic E-state index is 0.0390. The number of pyridine rings is 1. The van der Waals surface area contributed by atoms with E-state index in [1.807, 2.05) is 20.8 Å². The molecule has 1 amide bonds. The zero-order chi connectivity index (χ0) is 21.3. The Morgan fingerprint density at radius 1 is 1.24 bits per heavy atom. The molecule has 6 nitrogen and oxygen atoms in total. The molecule has 3 atom stereocenters. The number of rotatable bonds is 5. The Bertz CT molecular complexity index is 944. The van der Waals surface area contributed by atoms with Crippen LogP contribution in [0.4, 0.5) is 10.1 Å². The fraction of sp³-hybridized carbons (Fsp3) is 0.409. The first-order chi connectivity index (χ1) is 13.6. The molecule has 154 valence electrons. The number of nitrogens with one attached hydrogen (secondary N) is 1. The Hall–Kier alpha value is -2.80. The molecule has 0 unspecified atom stereocenters. The number of ether oxygens (including phenoxy) is 2. The number of hydrogen-bond donors (Lipinski definition) is 1. The van der Waals surface area contributed by atoms with Gasteiger partial charge in [0.2, 0.25) is 0 Å². The average molecular weight is 400 g/mol. The number of hydrogen-bond acceptors (Lipinski definition) is 5. The first-order valence-electron chi connectivity index (χ1n) is 9.43. The van der Waals surface area contributed by atoms with Crippen molar-refractivity contribution in [2.75, 3.05) is 12.4 Å². The van der Waals surface area contributed by atoms with Gasteiger partial charge in [-0.25, -0.2) is 4.39 Å². The average Bonchev–Trinajstić information content (AvgIpc) is 2.91. The second kappa shape index (κ2) is 7.91. The summed E-state index contributed by atoms with van der Waals surface area (Å²) in [5, 5.41) is 2.82. The normalized spacial score (nSPS) is 22.9. The second-order valence-corrected chi connectivity index (χ2v) is 7.82. The molecule has 1 fully saturated rings. The Balaban J connectivity index is 1.95. The van der Waals surface area contributed by atoms with Crippen LogP contribution in [0.15, 0.2) is 36.5 Å². The lowest BCUT2D eigenvalue weighted by Crippen LogP contribution is -2.33. The van der Waals surface area contributed by atoms with Crippen LogP contribution in [0.2, 0.25) is 0 Å². The topological polar surface area (TPSA) is 77.5 Å². The van der Waals surface area contributed by atoms with Crippen LogP contribution in [-0.2, 0) is 9.53 Å². The molecule has 1 aliphatic heterocycles. The highest BCUT2D eigenvalue weighted by Crippen LogP contribution is 2.48. The molecule has 29 heavy (non-hydrogen) atoms. The summed E-state index contributed by atoms with van der Waals surface area (Å²) in [5.41, 5.74) is 0.863. The van der Waals surface area contributed by atoms with E-state index in [-0.39, 0.29) is 29.2 Å². The van der Waals surface area contributed by atoms with Gasteiger partial charge in [-0.2, -0.15) is 0 Å². The zero-order valence-corrected chi connectivity index (χ0v) is 17.2. The third-order valence-corrected chi connectivity index (χ3v) is 5.59. The standard InChI is InChI=1S/C22H25FN2O4/c1-12-19(16-7-6-14(23)10-18(16)28-5)20(29-22(12,3)4)21(27)25-15-8-9-24-17(11-15)13(2)26/h6-12,19-20H,1-5H3,(H,24,25,27)/t12-,19+,20+/m0/s1. The SMILES string of the molecule is COc1cc(F)ccc1[C@@H]1[C@H](C(=O)Nc2ccnc(C(C)=O)c2)OC(C)(C)[C@H]1C. The van der Waals surface area contributed by atoms with Crippen molar-refractivity contribution >= 4 is 17.4 Å². The fourth-order valence-electron chi connectivity index (χ4n) is 3.73. The highest BCUT2D eigenvalue weighted by molar-refractivity contribution is 5.97. The smallest absolute Gasteiger partial charge is 0.254 e. The van der Waals surface area contributed by atoms with Crippen molar-refractivity contribution in [1.29, 1.82) is 0 Å². The van der Waals surface area contributed by atoms with E-state index in [0.717, 1.165) is 0 Å². The number of halogens is 1. The van der Waals surface area contributed by atoms with Gasteiger partial charge in [0.1, 0.15) is 23.4 Å². The second-order valence-electron chi connectivity index (χ2n) is 7.82. The molecule has 0 radical (unpaired) electrons. The van der Waals surface area contributed by atoms with Gasteiger partial charge in [0.05, 0.1) is 12.7 Å². The molecular weight excluding hydrogens is 375 g/mol. The maximum absolute atomic E-state index is 13.7. The highest BCUT2D eigenvalue weighted by atomic mass is 19.1. The van der Waals surface area contributed by atoms with Crippen molar-refractivity contribution < 1.29 is 23.5 Å².